The monoisotopic (exact) mass is 425 g/mol. The van der Waals surface area contributed by atoms with E-state index in [9.17, 15) is 9.59 Å². The van der Waals surface area contributed by atoms with E-state index in [0.717, 1.165) is 42.4 Å². The first-order valence-electron chi connectivity index (χ1n) is 10.1. The van der Waals surface area contributed by atoms with Crippen molar-refractivity contribution in [3.05, 3.63) is 65.3 Å². The Morgan fingerprint density at radius 1 is 1.10 bits per heavy atom. The summed E-state index contributed by atoms with van der Waals surface area (Å²) in [7, 11) is 0. The molecule has 0 radical (unpaired) electrons. The number of para-hydroxylation sites is 1. The molecule has 0 atom stereocenters. The van der Waals surface area contributed by atoms with E-state index in [0.29, 0.717) is 23.9 Å². The fourth-order valence-corrected chi connectivity index (χ4v) is 4.00. The van der Waals surface area contributed by atoms with E-state index in [1.807, 2.05) is 30.5 Å². The summed E-state index contributed by atoms with van der Waals surface area (Å²) in [6, 6.07) is 14.7. The SMILES string of the molecule is O=C(Nc1cccc2cc[nH]c12)OCCN1CCC(C(=O)c2ccc(Cl)cc2)CC1. The van der Waals surface area contributed by atoms with Gasteiger partial charge in [-0.05, 0) is 62.3 Å². The molecule has 1 aromatic heterocycles. The number of ether oxygens (including phenoxy) is 1. The van der Waals surface area contributed by atoms with Crippen LogP contribution in [0.1, 0.15) is 23.2 Å². The van der Waals surface area contributed by atoms with E-state index in [2.05, 4.69) is 15.2 Å². The number of fused-ring (bicyclic) bond motifs is 1. The van der Waals surface area contributed by atoms with Crippen molar-refractivity contribution in [2.75, 3.05) is 31.6 Å². The third-order valence-corrected chi connectivity index (χ3v) is 5.80. The fraction of sp³-hybridized carbons (Fsp3) is 0.304. The lowest BCUT2D eigenvalue weighted by Crippen LogP contribution is -2.38. The van der Waals surface area contributed by atoms with E-state index in [-0.39, 0.29) is 11.7 Å². The molecule has 3 aromatic rings. The number of nitrogens with zero attached hydrogens (tertiary/aromatic N) is 1. The number of amides is 1. The van der Waals surface area contributed by atoms with E-state index in [1.165, 1.54) is 0 Å². The number of rotatable bonds is 6. The Labute approximate surface area is 180 Å². The molecule has 2 heterocycles. The Hall–Kier alpha value is -2.83. The number of piperidine rings is 1. The molecule has 0 spiro atoms. The number of Topliss-reactive ketones (excluding diaryl/α,β-unsaturated/α-hetero) is 1. The molecule has 2 N–H and O–H groups in total. The number of anilines is 1. The van der Waals surface area contributed by atoms with Crippen LogP contribution in [0.3, 0.4) is 0 Å². The van der Waals surface area contributed by atoms with Gasteiger partial charge in [-0.3, -0.25) is 15.0 Å². The smallest absolute Gasteiger partial charge is 0.411 e. The molecule has 2 aromatic carbocycles. The molecule has 1 fully saturated rings. The van der Waals surface area contributed by atoms with Crippen LogP contribution < -0.4 is 5.32 Å². The second-order valence-electron chi connectivity index (χ2n) is 7.50. The molecule has 156 valence electrons. The molecule has 30 heavy (non-hydrogen) atoms. The maximum Gasteiger partial charge on any atom is 0.411 e. The van der Waals surface area contributed by atoms with E-state index < -0.39 is 6.09 Å². The largest absolute Gasteiger partial charge is 0.448 e. The topological polar surface area (TPSA) is 74.4 Å². The van der Waals surface area contributed by atoms with Crippen LogP contribution in [0.2, 0.25) is 5.02 Å². The molecule has 6 nitrogen and oxygen atoms in total. The first-order valence-corrected chi connectivity index (χ1v) is 10.5. The van der Waals surface area contributed by atoms with Crippen molar-refractivity contribution in [2.24, 2.45) is 5.92 Å². The summed E-state index contributed by atoms with van der Waals surface area (Å²) < 4.78 is 5.34. The van der Waals surface area contributed by atoms with Crippen LogP contribution in [0.5, 0.6) is 0 Å². The Balaban J connectivity index is 1.19. The van der Waals surface area contributed by atoms with Gasteiger partial charge in [-0.1, -0.05) is 23.7 Å². The van der Waals surface area contributed by atoms with Crippen molar-refractivity contribution in [3.8, 4) is 0 Å². The molecule has 1 amide bonds. The van der Waals surface area contributed by atoms with Gasteiger partial charge in [0.25, 0.3) is 0 Å². The lowest BCUT2D eigenvalue weighted by molar-refractivity contribution is 0.0813. The zero-order valence-corrected chi connectivity index (χ0v) is 17.3. The standard InChI is InChI=1S/C23H24ClN3O3/c24-19-6-4-17(5-7-19)22(28)18-9-12-27(13-10-18)14-15-30-23(29)26-20-3-1-2-16-8-11-25-21(16)20/h1-8,11,18,25H,9-10,12-15H2,(H,26,29). The van der Waals surface area contributed by atoms with Crippen LogP contribution in [-0.4, -0.2) is 48.0 Å². The number of carbonyl (C=O) groups is 2. The number of aromatic nitrogens is 1. The third-order valence-electron chi connectivity index (χ3n) is 5.55. The van der Waals surface area contributed by atoms with Gasteiger partial charge in [0, 0.05) is 34.6 Å². The number of nitrogens with one attached hydrogen (secondary N) is 2. The highest BCUT2D eigenvalue weighted by molar-refractivity contribution is 6.30. The van der Waals surface area contributed by atoms with E-state index >= 15 is 0 Å². The molecule has 1 aliphatic heterocycles. The van der Waals surface area contributed by atoms with Gasteiger partial charge in [0.15, 0.2) is 5.78 Å². The highest BCUT2D eigenvalue weighted by Gasteiger charge is 2.25. The van der Waals surface area contributed by atoms with Gasteiger partial charge in [-0.2, -0.15) is 0 Å². The Morgan fingerprint density at radius 2 is 1.87 bits per heavy atom. The van der Waals surface area contributed by atoms with E-state index in [1.54, 1.807) is 24.3 Å². The second-order valence-corrected chi connectivity index (χ2v) is 7.93. The van der Waals surface area contributed by atoms with Gasteiger partial charge in [0.1, 0.15) is 6.61 Å². The first-order chi connectivity index (χ1) is 14.6. The molecular formula is C23H24ClN3O3. The molecule has 1 aliphatic rings. The minimum absolute atomic E-state index is 0.0351. The predicted octanol–water partition coefficient (Wildman–Crippen LogP) is 4.96. The number of benzene rings is 2. The summed E-state index contributed by atoms with van der Waals surface area (Å²) in [6.07, 6.45) is 2.98. The van der Waals surface area contributed by atoms with Crippen molar-refractivity contribution in [3.63, 3.8) is 0 Å². The van der Waals surface area contributed by atoms with E-state index in [4.69, 9.17) is 16.3 Å². The Morgan fingerprint density at radius 3 is 2.63 bits per heavy atom. The third kappa shape index (κ3) is 4.83. The van der Waals surface area contributed by atoms with Crippen molar-refractivity contribution in [1.82, 2.24) is 9.88 Å². The molecule has 7 heteroatoms. The zero-order valence-electron chi connectivity index (χ0n) is 16.6. The van der Waals surface area contributed by atoms with Crippen LogP contribution >= 0.6 is 11.6 Å². The summed E-state index contributed by atoms with van der Waals surface area (Å²) >= 11 is 5.90. The summed E-state index contributed by atoms with van der Waals surface area (Å²) in [4.78, 5) is 30.1. The van der Waals surface area contributed by atoms with Crippen molar-refractivity contribution >= 4 is 40.1 Å². The molecule has 4 rings (SSSR count). The Kier molecular flexibility index (Phi) is 6.35. The van der Waals surface area contributed by atoms with Gasteiger partial charge in [-0.15, -0.1) is 0 Å². The van der Waals surface area contributed by atoms with Crippen molar-refractivity contribution in [1.29, 1.82) is 0 Å². The normalized spacial score (nSPS) is 15.2. The average molecular weight is 426 g/mol. The van der Waals surface area contributed by atoms with Crippen LogP contribution in [0.4, 0.5) is 10.5 Å². The summed E-state index contributed by atoms with van der Waals surface area (Å²) in [6.45, 7) is 2.60. The Bertz CT molecular complexity index is 1020. The minimum Gasteiger partial charge on any atom is -0.448 e. The van der Waals surface area contributed by atoms with Crippen molar-refractivity contribution < 1.29 is 14.3 Å². The zero-order chi connectivity index (χ0) is 20.9. The lowest BCUT2D eigenvalue weighted by Gasteiger charge is -2.31. The van der Waals surface area contributed by atoms with Gasteiger partial charge < -0.3 is 9.72 Å². The van der Waals surface area contributed by atoms with Crippen molar-refractivity contribution in [2.45, 2.75) is 12.8 Å². The quantitative estimate of drug-likeness (QED) is 0.547. The number of H-pyrrole nitrogens is 1. The number of ketones is 1. The highest BCUT2D eigenvalue weighted by atomic mass is 35.5. The van der Waals surface area contributed by atoms with Gasteiger partial charge in [0.05, 0.1) is 11.2 Å². The molecule has 0 aliphatic carbocycles. The van der Waals surface area contributed by atoms with Gasteiger partial charge in [0.2, 0.25) is 0 Å². The average Bonchev–Trinajstić information content (AvgIpc) is 3.24. The summed E-state index contributed by atoms with van der Waals surface area (Å²) in [5.41, 5.74) is 2.29. The lowest BCUT2D eigenvalue weighted by atomic mass is 9.89. The van der Waals surface area contributed by atoms with Gasteiger partial charge >= 0.3 is 6.09 Å². The molecule has 0 bridgehead atoms. The number of hydrogen-bond acceptors (Lipinski definition) is 4. The molecular weight excluding hydrogens is 402 g/mol. The first kappa shape index (κ1) is 20.4. The summed E-state index contributed by atoms with van der Waals surface area (Å²) in [5.74, 6) is 0.216. The predicted molar refractivity (Wildman–Crippen MR) is 118 cm³/mol. The van der Waals surface area contributed by atoms with Gasteiger partial charge in [-0.25, -0.2) is 4.79 Å². The summed E-state index contributed by atoms with van der Waals surface area (Å²) in [5, 5.41) is 4.45. The van der Waals surface area contributed by atoms with Crippen LogP contribution in [0.15, 0.2) is 54.7 Å². The second kappa shape index (κ2) is 9.32. The maximum atomic E-state index is 12.6. The van der Waals surface area contributed by atoms with Crippen LogP contribution in [0.25, 0.3) is 10.9 Å². The highest BCUT2D eigenvalue weighted by Crippen LogP contribution is 2.23. The molecule has 0 saturated carbocycles. The molecule has 1 saturated heterocycles. The number of halogens is 1. The van der Waals surface area contributed by atoms with Crippen LogP contribution in [-0.2, 0) is 4.74 Å². The molecule has 0 unspecified atom stereocenters. The minimum atomic E-state index is -0.468. The van der Waals surface area contributed by atoms with Crippen LogP contribution in [0, 0.1) is 5.92 Å². The number of hydrogen-bond donors (Lipinski definition) is 2. The number of carbonyl (C=O) groups excluding carboxylic acids is 2. The fourth-order valence-electron chi connectivity index (χ4n) is 3.87. The maximum absolute atomic E-state index is 12.6. The number of aromatic amines is 1. The number of likely N-dealkylation sites (tertiary alicyclic amines) is 1.